The Morgan fingerprint density at radius 2 is 1.04 bits per heavy atom. The van der Waals surface area contributed by atoms with E-state index < -0.39 is 9.85 Å². The number of aryl methyl sites for hydroxylation is 1. The number of fused-ring (bicyclic) bond motifs is 1. The first-order valence-corrected chi connectivity index (χ1v) is 17.1. The smallest absolute Gasteiger partial charge is 0.292 e. The van der Waals surface area contributed by atoms with E-state index in [1.165, 1.54) is 18.2 Å². The maximum absolute atomic E-state index is 10.3. The van der Waals surface area contributed by atoms with E-state index in [0.717, 1.165) is 28.2 Å². The summed E-state index contributed by atoms with van der Waals surface area (Å²) in [6.45, 7) is 16.0. The van der Waals surface area contributed by atoms with E-state index in [0.29, 0.717) is 11.6 Å². The minimum atomic E-state index is -0.505. The van der Waals surface area contributed by atoms with Crippen LogP contribution in [0.25, 0.3) is 11.0 Å². The summed E-state index contributed by atoms with van der Waals surface area (Å²) in [5, 5.41) is 26.2. The Kier molecular flexibility index (Phi) is 30.3. The maximum Gasteiger partial charge on any atom is 0.292 e. The maximum atomic E-state index is 10.3. The minimum absolute atomic E-state index is 0.0394. The molecule has 0 bridgehead atoms. The standard InChI is InChI=1S/C9H9ClN2.C7H8N2O2.C7H10N2.C6H6N2O2.4C2H6/c1-12-8-5-3-2-4-7(8)11-9(12)6-10;1-8-6-4-2-3-5-7(6)9(10)11;1-9-7-5-3-2-4-6(7)8;7-5-3-1-2-4-6(5)8(9)10;4*1-2/h2-5H,6H2,1H3;2-5,8H,1H3;2-5,9H,8H2,1H3;1-4H,7H2;4*1-2H3. The number of nitro groups is 2. The van der Waals surface area contributed by atoms with Crippen molar-refractivity contribution in [2.45, 2.75) is 61.3 Å². The van der Waals surface area contributed by atoms with Crippen molar-refractivity contribution in [2.75, 3.05) is 36.2 Å². The number of nitrogens with one attached hydrogen (secondary N) is 2. The van der Waals surface area contributed by atoms with Crippen molar-refractivity contribution in [2.24, 2.45) is 7.05 Å². The quantitative estimate of drug-likeness (QED) is 0.0596. The number of imidazole rings is 1. The molecule has 50 heavy (non-hydrogen) atoms. The third-order valence-corrected chi connectivity index (χ3v) is 5.97. The van der Waals surface area contributed by atoms with Crippen molar-refractivity contribution in [1.82, 2.24) is 9.55 Å². The van der Waals surface area contributed by atoms with Gasteiger partial charge in [0.05, 0.1) is 38.1 Å². The molecule has 0 fully saturated rings. The molecule has 5 rings (SSSR count). The number of aromatic nitrogens is 2. The van der Waals surface area contributed by atoms with Crippen LogP contribution in [0, 0.1) is 20.2 Å². The van der Waals surface area contributed by atoms with Gasteiger partial charge in [-0.05, 0) is 36.4 Å². The van der Waals surface area contributed by atoms with E-state index in [1.807, 2.05) is 123 Å². The molecule has 1 aromatic heterocycles. The number of nitrogen functional groups attached to an aromatic ring is 2. The highest BCUT2D eigenvalue weighted by atomic mass is 35.5. The molecule has 0 aliphatic heterocycles. The van der Waals surface area contributed by atoms with Gasteiger partial charge in [-0.25, -0.2) is 4.98 Å². The molecule has 12 nitrogen and oxygen atoms in total. The number of hydrogen-bond donors (Lipinski definition) is 4. The largest absolute Gasteiger partial charge is 0.397 e. The summed E-state index contributed by atoms with van der Waals surface area (Å²) < 4.78 is 2.02. The minimum Gasteiger partial charge on any atom is -0.397 e. The van der Waals surface area contributed by atoms with Crippen LogP contribution in [0.1, 0.15) is 61.2 Å². The van der Waals surface area contributed by atoms with Crippen LogP contribution in [0.3, 0.4) is 0 Å². The zero-order valence-corrected chi connectivity index (χ0v) is 32.2. The molecule has 0 radical (unpaired) electrons. The average Bonchev–Trinajstić information content (AvgIpc) is 3.51. The van der Waals surface area contributed by atoms with Crippen LogP contribution in [0.5, 0.6) is 0 Å². The molecule has 0 saturated heterocycles. The summed E-state index contributed by atoms with van der Waals surface area (Å²) in [5.74, 6) is 1.38. The summed E-state index contributed by atoms with van der Waals surface area (Å²) in [6, 6.07) is 28.3. The molecule has 0 spiro atoms. The van der Waals surface area contributed by atoms with Gasteiger partial charge in [-0.3, -0.25) is 20.2 Å². The van der Waals surface area contributed by atoms with Crippen LogP contribution >= 0.6 is 11.6 Å². The van der Waals surface area contributed by atoms with Crippen LogP contribution < -0.4 is 22.1 Å². The number of para-hydroxylation sites is 8. The lowest BCUT2D eigenvalue weighted by Crippen LogP contribution is -1.95. The van der Waals surface area contributed by atoms with Crippen molar-refractivity contribution in [1.29, 1.82) is 0 Å². The summed E-state index contributed by atoms with van der Waals surface area (Å²) in [5.41, 5.74) is 15.6. The molecular formula is C37H57ClN8O4. The first kappa shape index (κ1) is 49.0. The number of nitrogens with two attached hydrogens (primary N) is 2. The third-order valence-electron chi connectivity index (χ3n) is 5.73. The van der Waals surface area contributed by atoms with E-state index in [1.54, 1.807) is 37.4 Å². The number of halogens is 1. The highest BCUT2D eigenvalue weighted by Crippen LogP contribution is 2.22. The van der Waals surface area contributed by atoms with Crippen LogP contribution in [0.15, 0.2) is 97.1 Å². The number of alkyl halides is 1. The van der Waals surface area contributed by atoms with Crippen molar-refractivity contribution >= 4 is 56.8 Å². The summed E-state index contributed by atoms with van der Waals surface area (Å²) in [4.78, 5) is 23.9. The van der Waals surface area contributed by atoms with E-state index in [-0.39, 0.29) is 17.1 Å². The average molecular weight is 713 g/mol. The van der Waals surface area contributed by atoms with E-state index in [4.69, 9.17) is 23.1 Å². The zero-order valence-electron chi connectivity index (χ0n) is 31.4. The number of hydrogen-bond acceptors (Lipinski definition) is 9. The second-order valence-electron chi connectivity index (χ2n) is 8.39. The number of anilines is 4. The highest BCUT2D eigenvalue weighted by molar-refractivity contribution is 6.16. The normalized spacial score (nSPS) is 8.56. The van der Waals surface area contributed by atoms with Crippen LogP contribution in [-0.4, -0.2) is 33.5 Å². The third kappa shape index (κ3) is 17.7. The van der Waals surface area contributed by atoms with Gasteiger partial charge in [0.25, 0.3) is 11.4 Å². The predicted molar refractivity (Wildman–Crippen MR) is 216 cm³/mol. The SMILES string of the molecule is CC.CC.CC.CC.CNc1ccccc1N.CNc1ccccc1[N+](=O)[O-].Cn1c(CCl)nc2ccccc21.Nc1ccccc1[N+](=O)[O-]. The monoisotopic (exact) mass is 712 g/mol. The molecule has 1 heterocycles. The predicted octanol–water partition coefficient (Wildman–Crippen LogP) is 10.5. The molecule has 0 aliphatic rings. The van der Waals surface area contributed by atoms with Crippen molar-refractivity contribution in [3.05, 3.63) is 123 Å². The Balaban J connectivity index is -0.000000553. The van der Waals surface area contributed by atoms with Crippen LogP contribution in [0.2, 0.25) is 0 Å². The molecule has 0 atom stereocenters. The van der Waals surface area contributed by atoms with E-state index in [2.05, 4.69) is 15.6 Å². The van der Waals surface area contributed by atoms with Crippen molar-refractivity contribution in [3.63, 3.8) is 0 Å². The first-order valence-electron chi connectivity index (χ1n) is 16.5. The second-order valence-corrected chi connectivity index (χ2v) is 8.65. The van der Waals surface area contributed by atoms with Gasteiger partial charge in [-0.1, -0.05) is 104 Å². The number of nitrogens with zero attached hydrogens (tertiary/aromatic N) is 4. The fourth-order valence-corrected chi connectivity index (χ4v) is 3.78. The molecule has 0 unspecified atom stereocenters. The van der Waals surface area contributed by atoms with Crippen LogP contribution in [0.4, 0.5) is 34.1 Å². The zero-order chi connectivity index (χ0) is 39.1. The molecule has 0 saturated carbocycles. The molecule has 0 amide bonds. The lowest BCUT2D eigenvalue weighted by atomic mass is 10.3. The van der Waals surface area contributed by atoms with Gasteiger partial charge in [-0.15, -0.1) is 11.6 Å². The Hall–Kier alpha value is -5.36. The molecular weight excluding hydrogens is 656 g/mol. The summed E-state index contributed by atoms with van der Waals surface area (Å²) >= 11 is 5.72. The summed E-state index contributed by atoms with van der Waals surface area (Å²) in [7, 11) is 5.49. The fraction of sp³-hybridized carbons (Fsp3) is 0.324. The molecule has 5 aromatic rings. The van der Waals surface area contributed by atoms with Gasteiger partial charge in [0.15, 0.2) is 0 Å². The lowest BCUT2D eigenvalue weighted by molar-refractivity contribution is -0.384. The second kappa shape index (κ2) is 30.9. The van der Waals surface area contributed by atoms with Gasteiger partial charge in [0, 0.05) is 33.3 Å². The van der Waals surface area contributed by atoms with Crippen molar-refractivity contribution in [3.8, 4) is 0 Å². The molecule has 13 heteroatoms. The molecule has 6 N–H and O–H groups in total. The first-order chi connectivity index (χ1) is 24.1. The van der Waals surface area contributed by atoms with Crippen molar-refractivity contribution < 1.29 is 9.85 Å². The Morgan fingerprint density at radius 3 is 1.40 bits per heavy atom. The van der Waals surface area contributed by atoms with Gasteiger partial charge in [0.2, 0.25) is 0 Å². The molecule has 276 valence electrons. The highest BCUT2D eigenvalue weighted by Gasteiger charge is 2.09. The van der Waals surface area contributed by atoms with Gasteiger partial charge < -0.3 is 26.7 Å². The van der Waals surface area contributed by atoms with Gasteiger partial charge in [0.1, 0.15) is 17.2 Å². The molecule has 4 aromatic carbocycles. The Labute approximate surface area is 303 Å². The Morgan fingerprint density at radius 1 is 0.640 bits per heavy atom. The van der Waals surface area contributed by atoms with E-state index >= 15 is 0 Å². The number of nitro benzene ring substituents is 2. The van der Waals surface area contributed by atoms with E-state index in [9.17, 15) is 20.2 Å². The topological polar surface area (TPSA) is 180 Å². The summed E-state index contributed by atoms with van der Waals surface area (Å²) in [6.07, 6.45) is 0. The number of benzene rings is 4. The number of rotatable bonds is 5. The van der Waals surface area contributed by atoms with Gasteiger partial charge >= 0.3 is 0 Å². The Bertz CT molecular complexity index is 1610. The van der Waals surface area contributed by atoms with Gasteiger partial charge in [-0.2, -0.15) is 0 Å². The fourth-order valence-electron chi connectivity index (χ4n) is 3.54. The lowest BCUT2D eigenvalue weighted by Gasteiger charge is -2.01. The molecule has 0 aliphatic carbocycles. The van der Waals surface area contributed by atoms with Crippen LogP contribution in [-0.2, 0) is 12.9 Å².